The van der Waals surface area contributed by atoms with Crippen LogP contribution in [0.5, 0.6) is 0 Å². The highest BCUT2D eigenvalue weighted by Crippen LogP contribution is 2.55. The molecule has 4 rings (SSSR count). The molecule has 2 fully saturated rings. The van der Waals surface area contributed by atoms with Crippen molar-refractivity contribution >= 4 is 29.4 Å². The van der Waals surface area contributed by atoms with Crippen molar-refractivity contribution in [3.8, 4) is 0 Å². The lowest BCUT2D eigenvalue weighted by atomic mass is 9.76. The van der Waals surface area contributed by atoms with Gasteiger partial charge >= 0.3 is 18.1 Å². The Labute approximate surface area is 173 Å². The molecule has 1 aromatic carbocycles. The fourth-order valence-corrected chi connectivity index (χ4v) is 4.36. The summed E-state index contributed by atoms with van der Waals surface area (Å²) < 4.78 is 56.4. The molecule has 0 N–H and O–H groups in total. The van der Waals surface area contributed by atoms with E-state index in [-0.39, 0.29) is 0 Å². The lowest BCUT2D eigenvalue weighted by Crippen LogP contribution is -2.52. The van der Waals surface area contributed by atoms with Crippen LogP contribution in [-0.2, 0) is 39.6 Å². The number of carbonyl (C=O) groups is 4. The summed E-state index contributed by atoms with van der Waals surface area (Å²) in [5.74, 6) is -6.05. The summed E-state index contributed by atoms with van der Waals surface area (Å²) in [5.41, 5.74) is -3.59. The molecule has 0 unspecified atom stereocenters. The molecule has 3 aliphatic heterocycles. The van der Waals surface area contributed by atoms with Gasteiger partial charge in [0.2, 0.25) is 11.8 Å². The average Bonchev–Trinajstić information content (AvgIpc) is 3.31. The number of esters is 2. The van der Waals surface area contributed by atoms with E-state index in [0.29, 0.717) is 4.90 Å². The predicted molar refractivity (Wildman–Crippen MR) is 95.0 cm³/mol. The zero-order chi connectivity index (χ0) is 22.7. The number of alkyl halides is 3. The Hall–Kier alpha value is -3.21. The highest BCUT2D eigenvalue weighted by atomic mass is 19.4. The lowest BCUT2D eigenvalue weighted by Gasteiger charge is -2.34. The molecule has 2 amide bonds. The van der Waals surface area contributed by atoms with E-state index < -0.39 is 71.0 Å². The van der Waals surface area contributed by atoms with E-state index in [1.165, 1.54) is 18.2 Å². The maximum absolute atomic E-state index is 13.5. The molecule has 0 saturated carbocycles. The van der Waals surface area contributed by atoms with Crippen molar-refractivity contribution < 1.29 is 46.6 Å². The van der Waals surface area contributed by atoms with Gasteiger partial charge in [0.1, 0.15) is 0 Å². The summed E-state index contributed by atoms with van der Waals surface area (Å²) in [7, 11) is 0. The normalized spacial score (nSPS) is 29.0. The number of fused-ring (bicyclic) bond motifs is 5. The van der Waals surface area contributed by atoms with Crippen LogP contribution in [0.4, 0.5) is 18.9 Å². The van der Waals surface area contributed by atoms with Crippen molar-refractivity contribution in [3.05, 3.63) is 42.0 Å². The van der Waals surface area contributed by atoms with Crippen molar-refractivity contribution in [2.24, 2.45) is 11.8 Å². The van der Waals surface area contributed by atoms with E-state index in [2.05, 4.69) is 0 Å². The molecule has 31 heavy (non-hydrogen) atoms. The van der Waals surface area contributed by atoms with Gasteiger partial charge in [-0.25, -0.2) is 4.90 Å². The third kappa shape index (κ3) is 3.11. The highest BCUT2D eigenvalue weighted by molar-refractivity contribution is 6.23. The first-order chi connectivity index (χ1) is 14.5. The topological polar surface area (TPSA) is 99.2 Å². The maximum atomic E-state index is 13.5. The van der Waals surface area contributed by atoms with Crippen molar-refractivity contribution in [1.29, 1.82) is 0 Å². The minimum atomic E-state index is -4.81. The van der Waals surface area contributed by atoms with Crippen molar-refractivity contribution in [2.45, 2.75) is 38.0 Å². The molecular formula is C20H16F3NO7. The molecule has 0 aromatic heterocycles. The number of benzene rings is 1. The standard InChI is InChI=1S/C20H16F3NO7/c1-9(25)29-18(30-10(2)26)19-8-7-13(31-19)14-15(19)17(28)24(16(14)27)12-6-4-3-5-11(12)20(21,22)23/h3-8,13-15,18H,1-2H3/t13-,14+,15+,19+/m1/s1. The van der Waals surface area contributed by atoms with Crippen LogP contribution in [0.1, 0.15) is 19.4 Å². The van der Waals surface area contributed by atoms with Gasteiger partial charge in [-0.05, 0) is 18.2 Å². The van der Waals surface area contributed by atoms with E-state index in [4.69, 9.17) is 14.2 Å². The average molecular weight is 439 g/mol. The molecular weight excluding hydrogens is 423 g/mol. The molecule has 3 aliphatic rings. The summed E-state index contributed by atoms with van der Waals surface area (Å²) in [6.07, 6.45) is -4.69. The largest absolute Gasteiger partial charge is 0.422 e. The van der Waals surface area contributed by atoms with Gasteiger partial charge in [-0.15, -0.1) is 0 Å². The fourth-order valence-electron chi connectivity index (χ4n) is 4.36. The summed E-state index contributed by atoms with van der Waals surface area (Å²) in [4.78, 5) is 50.0. The van der Waals surface area contributed by atoms with Gasteiger partial charge in [-0.2, -0.15) is 13.2 Å². The zero-order valence-corrected chi connectivity index (χ0v) is 16.2. The Morgan fingerprint density at radius 1 is 1.10 bits per heavy atom. The van der Waals surface area contributed by atoms with Crippen LogP contribution in [-0.4, -0.2) is 41.7 Å². The van der Waals surface area contributed by atoms with Crippen LogP contribution in [0.25, 0.3) is 0 Å². The molecule has 0 spiro atoms. The molecule has 2 saturated heterocycles. The Bertz CT molecular complexity index is 1000. The number of ether oxygens (including phenoxy) is 3. The number of para-hydroxylation sites is 1. The minimum absolute atomic E-state index is 0.480. The third-order valence-electron chi connectivity index (χ3n) is 5.44. The number of hydrogen-bond donors (Lipinski definition) is 0. The van der Waals surface area contributed by atoms with Gasteiger partial charge in [0, 0.05) is 13.8 Å². The Morgan fingerprint density at radius 3 is 2.29 bits per heavy atom. The minimum Gasteiger partial charge on any atom is -0.422 e. The molecule has 1 aromatic rings. The molecule has 164 valence electrons. The van der Waals surface area contributed by atoms with E-state index in [1.807, 2.05) is 0 Å². The SMILES string of the molecule is CC(=O)OC(OC(C)=O)[C@@]12C=C[C@@H](O1)[C@@H]1C(=O)N(c3ccccc3C(F)(F)F)C(=O)[C@H]12. The first-order valence-corrected chi connectivity index (χ1v) is 9.23. The summed E-state index contributed by atoms with van der Waals surface area (Å²) in [6.45, 7) is 2.09. The summed E-state index contributed by atoms with van der Waals surface area (Å²) >= 11 is 0. The van der Waals surface area contributed by atoms with E-state index in [0.717, 1.165) is 32.0 Å². The van der Waals surface area contributed by atoms with E-state index >= 15 is 0 Å². The zero-order valence-electron chi connectivity index (χ0n) is 16.2. The van der Waals surface area contributed by atoms with Crippen LogP contribution in [0, 0.1) is 11.8 Å². The third-order valence-corrected chi connectivity index (χ3v) is 5.44. The molecule has 11 heteroatoms. The Morgan fingerprint density at radius 2 is 1.71 bits per heavy atom. The molecule has 2 bridgehead atoms. The van der Waals surface area contributed by atoms with Crippen molar-refractivity contribution in [2.75, 3.05) is 4.90 Å². The second-order valence-electron chi connectivity index (χ2n) is 7.38. The summed E-state index contributed by atoms with van der Waals surface area (Å²) in [5, 5.41) is 0. The first kappa shape index (κ1) is 21.0. The number of nitrogens with zero attached hydrogens (tertiary/aromatic N) is 1. The number of anilines is 1. The molecule has 3 heterocycles. The molecule has 0 aliphatic carbocycles. The van der Waals surface area contributed by atoms with Crippen LogP contribution in [0.15, 0.2) is 36.4 Å². The van der Waals surface area contributed by atoms with Crippen molar-refractivity contribution in [1.82, 2.24) is 0 Å². The molecule has 4 atom stereocenters. The smallest absolute Gasteiger partial charge is 0.418 e. The second kappa shape index (κ2) is 6.91. The number of amides is 2. The lowest BCUT2D eigenvalue weighted by molar-refractivity contribution is -0.226. The maximum Gasteiger partial charge on any atom is 0.418 e. The van der Waals surface area contributed by atoms with Crippen LogP contribution >= 0.6 is 0 Å². The van der Waals surface area contributed by atoms with Crippen LogP contribution < -0.4 is 4.90 Å². The molecule has 8 nitrogen and oxygen atoms in total. The highest BCUT2D eigenvalue weighted by Gasteiger charge is 2.72. The number of halogens is 3. The van der Waals surface area contributed by atoms with Crippen LogP contribution in [0.3, 0.4) is 0 Å². The van der Waals surface area contributed by atoms with Gasteiger partial charge in [0.25, 0.3) is 6.29 Å². The van der Waals surface area contributed by atoms with Gasteiger partial charge in [-0.1, -0.05) is 18.2 Å². The van der Waals surface area contributed by atoms with E-state index in [9.17, 15) is 32.3 Å². The Balaban J connectivity index is 1.79. The van der Waals surface area contributed by atoms with Crippen LogP contribution in [0.2, 0.25) is 0 Å². The van der Waals surface area contributed by atoms with Gasteiger partial charge in [0.15, 0.2) is 5.60 Å². The molecule has 0 radical (unpaired) electrons. The monoisotopic (exact) mass is 439 g/mol. The summed E-state index contributed by atoms with van der Waals surface area (Å²) in [6, 6.07) is 4.21. The Kier molecular flexibility index (Phi) is 4.69. The second-order valence-corrected chi connectivity index (χ2v) is 7.38. The first-order valence-electron chi connectivity index (χ1n) is 9.23. The predicted octanol–water partition coefficient (Wildman–Crippen LogP) is 1.97. The number of carbonyl (C=O) groups excluding carboxylic acids is 4. The number of rotatable bonds is 4. The quantitative estimate of drug-likeness (QED) is 0.306. The number of hydrogen-bond acceptors (Lipinski definition) is 7. The van der Waals surface area contributed by atoms with Gasteiger partial charge in [-0.3, -0.25) is 19.2 Å². The fraction of sp³-hybridized carbons (Fsp3) is 0.400. The van der Waals surface area contributed by atoms with Gasteiger partial charge in [0.05, 0.1) is 29.2 Å². The van der Waals surface area contributed by atoms with Crippen molar-refractivity contribution in [3.63, 3.8) is 0 Å². The number of imide groups is 1. The van der Waals surface area contributed by atoms with E-state index in [1.54, 1.807) is 0 Å². The van der Waals surface area contributed by atoms with Gasteiger partial charge < -0.3 is 14.2 Å².